The molecule has 0 fully saturated rings. The average Bonchev–Trinajstić information content (AvgIpc) is 2.25. The van der Waals surface area contributed by atoms with E-state index in [1.807, 2.05) is 0 Å². The van der Waals surface area contributed by atoms with Crippen LogP contribution in [0, 0.1) is 5.82 Å². The Morgan fingerprint density at radius 2 is 2.00 bits per heavy atom. The van der Waals surface area contributed by atoms with Crippen LogP contribution < -0.4 is 0 Å². The van der Waals surface area contributed by atoms with Crippen molar-refractivity contribution in [1.29, 1.82) is 0 Å². The lowest BCUT2D eigenvalue weighted by atomic mass is 10.1. The van der Waals surface area contributed by atoms with Gasteiger partial charge in [0.15, 0.2) is 0 Å². The zero-order chi connectivity index (χ0) is 13.8. The number of amides is 1. The smallest absolute Gasteiger partial charge is 0.222 e. The van der Waals surface area contributed by atoms with Gasteiger partial charge in [-0.2, -0.15) is 0 Å². The van der Waals surface area contributed by atoms with Crippen molar-refractivity contribution < 1.29 is 14.3 Å². The Balaban J connectivity index is 2.49. The Hall–Kier alpha value is -1.42. The van der Waals surface area contributed by atoms with Gasteiger partial charge in [0.2, 0.25) is 5.91 Å². The predicted molar refractivity (Wildman–Crippen MR) is 68.7 cm³/mol. The molecule has 0 heterocycles. The van der Waals surface area contributed by atoms with Gasteiger partial charge < -0.3 is 10.0 Å². The van der Waals surface area contributed by atoms with Gasteiger partial charge in [-0.1, -0.05) is 18.2 Å². The zero-order valence-corrected chi connectivity index (χ0v) is 11.1. The second-order valence-electron chi connectivity index (χ2n) is 5.15. The number of carbonyl (C=O) groups is 1. The van der Waals surface area contributed by atoms with Gasteiger partial charge in [0.25, 0.3) is 0 Å². The molecule has 1 aromatic carbocycles. The molecule has 0 radical (unpaired) electrons. The number of halogens is 1. The third-order valence-corrected chi connectivity index (χ3v) is 2.62. The van der Waals surface area contributed by atoms with Gasteiger partial charge in [-0.3, -0.25) is 4.79 Å². The highest BCUT2D eigenvalue weighted by Gasteiger charge is 2.19. The van der Waals surface area contributed by atoms with E-state index in [1.54, 1.807) is 39.1 Å². The molecule has 1 N–H and O–H groups in total. The molecule has 0 aliphatic heterocycles. The second-order valence-corrected chi connectivity index (χ2v) is 5.15. The molecule has 0 saturated carbocycles. The van der Waals surface area contributed by atoms with Crippen molar-refractivity contribution in [3.05, 3.63) is 35.6 Å². The number of benzene rings is 1. The van der Waals surface area contributed by atoms with E-state index in [-0.39, 0.29) is 24.7 Å². The third-order valence-electron chi connectivity index (χ3n) is 2.62. The molecule has 0 bridgehead atoms. The van der Waals surface area contributed by atoms with Crippen LogP contribution in [-0.4, -0.2) is 35.1 Å². The maximum atomic E-state index is 13.3. The van der Waals surface area contributed by atoms with Crippen molar-refractivity contribution in [1.82, 2.24) is 4.90 Å². The predicted octanol–water partition coefficient (Wildman–Crippen LogP) is 1.99. The molecule has 0 spiro atoms. The van der Waals surface area contributed by atoms with E-state index in [1.165, 1.54) is 11.0 Å². The molecule has 0 saturated heterocycles. The lowest BCUT2D eigenvalue weighted by molar-refractivity contribution is -0.132. The van der Waals surface area contributed by atoms with Crippen LogP contribution in [0.5, 0.6) is 0 Å². The zero-order valence-electron chi connectivity index (χ0n) is 11.1. The van der Waals surface area contributed by atoms with Crippen LogP contribution >= 0.6 is 0 Å². The fraction of sp³-hybridized carbons (Fsp3) is 0.500. The normalized spacial score (nSPS) is 11.4. The van der Waals surface area contributed by atoms with Gasteiger partial charge in [-0.25, -0.2) is 4.39 Å². The van der Waals surface area contributed by atoms with Crippen molar-refractivity contribution in [2.45, 2.75) is 32.3 Å². The molecule has 1 aromatic rings. The lowest BCUT2D eigenvalue weighted by Gasteiger charge is -2.25. The summed E-state index contributed by atoms with van der Waals surface area (Å²) in [6.07, 6.45) is 0.620. The first-order valence-electron chi connectivity index (χ1n) is 5.99. The first kappa shape index (κ1) is 14.6. The Bertz CT molecular complexity index is 413. The summed E-state index contributed by atoms with van der Waals surface area (Å²) in [4.78, 5) is 13.3. The SMILES string of the molecule is CN(CC(C)(C)O)C(=O)CCc1ccccc1F. The quantitative estimate of drug-likeness (QED) is 0.871. The van der Waals surface area contributed by atoms with Gasteiger partial charge in [0.1, 0.15) is 5.82 Å². The molecule has 4 heteroatoms. The van der Waals surface area contributed by atoms with Crippen molar-refractivity contribution in [2.75, 3.05) is 13.6 Å². The molecule has 18 heavy (non-hydrogen) atoms. The number of aryl methyl sites for hydroxylation is 1. The van der Waals surface area contributed by atoms with E-state index < -0.39 is 5.60 Å². The van der Waals surface area contributed by atoms with Crippen molar-refractivity contribution in [3.63, 3.8) is 0 Å². The first-order valence-corrected chi connectivity index (χ1v) is 5.99. The highest BCUT2D eigenvalue weighted by atomic mass is 19.1. The second kappa shape index (κ2) is 5.96. The van der Waals surface area contributed by atoms with Gasteiger partial charge >= 0.3 is 0 Å². The van der Waals surface area contributed by atoms with Crippen molar-refractivity contribution >= 4 is 5.91 Å². The van der Waals surface area contributed by atoms with Crippen LogP contribution in [0.4, 0.5) is 4.39 Å². The molecule has 0 aliphatic rings. The fourth-order valence-electron chi connectivity index (χ4n) is 1.80. The Kier molecular flexibility index (Phi) is 4.84. The summed E-state index contributed by atoms with van der Waals surface area (Å²) < 4.78 is 13.3. The number of likely N-dealkylation sites (N-methyl/N-ethyl adjacent to an activating group) is 1. The van der Waals surface area contributed by atoms with Crippen LogP contribution in [0.15, 0.2) is 24.3 Å². The minimum atomic E-state index is -0.914. The number of nitrogens with zero attached hydrogens (tertiary/aromatic N) is 1. The lowest BCUT2D eigenvalue weighted by Crippen LogP contribution is -2.39. The van der Waals surface area contributed by atoms with E-state index in [4.69, 9.17) is 0 Å². The van der Waals surface area contributed by atoms with Crippen LogP contribution in [0.1, 0.15) is 25.8 Å². The molecule has 0 unspecified atom stereocenters. The third kappa shape index (κ3) is 4.84. The van der Waals surface area contributed by atoms with Gasteiger partial charge in [-0.05, 0) is 31.9 Å². The largest absolute Gasteiger partial charge is 0.389 e. The molecule has 100 valence electrons. The van der Waals surface area contributed by atoms with E-state index in [0.717, 1.165) is 0 Å². The van der Waals surface area contributed by atoms with E-state index in [2.05, 4.69) is 0 Å². The highest BCUT2D eigenvalue weighted by Crippen LogP contribution is 2.10. The number of hydrogen-bond acceptors (Lipinski definition) is 2. The van der Waals surface area contributed by atoms with Crippen LogP contribution in [-0.2, 0) is 11.2 Å². The summed E-state index contributed by atoms with van der Waals surface area (Å²) in [5.41, 5.74) is -0.370. The molecule has 0 aliphatic carbocycles. The summed E-state index contributed by atoms with van der Waals surface area (Å²) in [7, 11) is 1.64. The maximum absolute atomic E-state index is 13.3. The van der Waals surface area contributed by atoms with E-state index in [9.17, 15) is 14.3 Å². The van der Waals surface area contributed by atoms with Crippen LogP contribution in [0.3, 0.4) is 0 Å². The molecule has 1 amide bonds. The first-order chi connectivity index (χ1) is 8.29. The molecular formula is C14H20FNO2. The van der Waals surface area contributed by atoms with Crippen molar-refractivity contribution in [3.8, 4) is 0 Å². The molecule has 0 aromatic heterocycles. The minimum absolute atomic E-state index is 0.0969. The number of rotatable bonds is 5. The number of carbonyl (C=O) groups excluding carboxylic acids is 1. The van der Waals surface area contributed by atoms with Crippen molar-refractivity contribution in [2.24, 2.45) is 0 Å². The summed E-state index contributed by atoms with van der Waals surface area (Å²) in [5, 5.41) is 9.61. The fourth-order valence-corrected chi connectivity index (χ4v) is 1.80. The standard InChI is InChI=1S/C14H20FNO2/c1-14(2,18)10-16(3)13(17)9-8-11-6-4-5-7-12(11)15/h4-7,18H,8-10H2,1-3H3. The molecule has 0 atom stereocenters. The van der Waals surface area contributed by atoms with Gasteiger partial charge in [0.05, 0.1) is 5.60 Å². The topological polar surface area (TPSA) is 40.5 Å². The average molecular weight is 253 g/mol. The maximum Gasteiger partial charge on any atom is 0.222 e. The Labute approximate surface area is 107 Å². The minimum Gasteiger partial charge on any atom is -0.389 e. The Morgan fingerprint density at radius 1 is 1.39 bits per heavy atom. The number of aliphatic hydroxyl groups is 1. The Morgan fingerprint density at radius 3 is 2.56 bits per heavy atom. The summed E-state index contributed by atoms with van der Waals surface area (Å²) in [5.74, 6) is -0.379. The summed E-state index contributed by atoms with van der Waals surface area (Å²) >= 11 is 0. The van der Waals surface area contributed by atoms with Gasteiger partial charge in [-0.15, -0.1) is 0 Å². The van der Waals surface area contributed by atoms with Crippen LogP contribution in [0.2, 0.25) is 0 Å². The van der Waals surface area contributed by atoms with E-state index >= 15 is 0 Å². The number of hydrogen-bond donors (Lipinski definition) is 1. The monoisotopic (exact) mass is 253 g/mol. The van der Waals surface area contributed by atoms with Crippen LogP contribution in [0.25, 0.3) is 0 Å². The van der Waals surface area contributed by atoms with Gasteiger partial charge in [0, 0.05) is 20.0 Å². The molecule has 3 nitrogen and oxygen atoms in total. The summed E-state index contributed by atoms with van der Waals surface area (Å²) in [6, 6.07) is 6.45. The molecule has 1 rings (SSSR count). The molecular weight excluding hydrogens is 233 g/mol. The summed E-state index contributed by atoms with van der Waals surface area (Å²) in [6.45, 7) is 3.56. The highest BCUT2D eigenvalue weighted by molar-refractivity contribution is 5.76. The van der Waals surface area contributed by atoms with E-state index in [0.29, 0.717) is 12.0 Å².